The van der Waals surface area contributed by atoms with Crippen LogP contribution in [0.25, 0.3) is 0 Å². The van der Waals surface area contributed by atoms with Crippen molar-refractivity contribution in [2.24, 2.45) is 5.73 Å². The maximum absolute atomic E-state index is 12.0. The number of hydrogen-bond donors (Lipinski definition) is 1. The van der Waals surface area contributed by atoms with Crippen LogP contribution in [0.4, 0.5) is 4.39 Å². The molecule has 1 unspecified atom stereocenters. The Hall–Kier alpha value is -0.150. The molecule has 11 heavy (non-hydrogen) atoms. The molecule has 0 aromatic carbocycles. The van der Waals surface area contributed by atoms with E-state index in [9.17, 15) is 4.39 Å². The highest BCUT2D eigenvalue weighted by Gasteiger charge is 2.38. The van der Waals surface area contributed by atoms with E-state index >= 15 is 0 Å². The van der Waals surface area contributed by atoms with Crippen LogP contribution >= 0.6 is 0 Å². The maximum Gasteiger partial charge on any atom is 0.102 e. The number of likely N-dealkylation sites (tertiary alicyclic amines) is 1. The minimum atomic E-state index is -0.268. The molecular formula is C8H17FN2. The molecule has 0 bridgehead atoms. The molecule has 3 heteroatoms. The molecule has 1 fully saturated rings. The third kappa shape index (κ3) is 1.54. The van der Waals surface area contributed by atoms with E-state index in [1.165, 1.54) is 0 Å². The van der Waals surface area contributed by atoms with Crippen LogP contribution in [-0.4, -0.2) is 36.2 Å². The second kappa shape index (κ2) is 3.07. The first-order valence-electron chi connectivity index (χ1n) is 4.15. The summed E-state index contributed by atoms with van der Waals surface area (Å²) in [5.41, 5.74) is 5.86. The van der Waals surface area contributed by atoms with Crippen molar-refractivity contribution in [3.8, 4) is 0 Å². The molecule has 2 nitrogen and oxygen atoms in total. The number of halogens is 1. The van der Waals surface area contributed by atoms with Crippen LogP contribution in [0, 0.1) is 0 Å². The summed E-state index contributed by atoms with van der Waals surface area (Å²) in [6.07, 6.45) is 0.993. The predicted octanol–water partition coefficient (Wildman–Crippen LogP) is 0.767. The minimum Gasteiger partial charge on any atom is -0.326 e. The highest BCUT2D eigenvalue weighted by atomic mass is 19.1. The molecule has 2 N–H and O–H groups in total. The lowest BCUT2D eigenvalue weighted by Crippen LogP contribution is -2.49. The quantitative estimate of drug-likeness (QED) is 0.646. The molecule has 1 heterocycles. The number of hydrogen-bond acceptors (Lipinski definition) is 2. The van der Waals surface area contributed by atoms with E-state index in [-0.39, 0.29) is 18.3 Å². The Kier molecular flexibility index (Phi) is 2.50. The van der Waals surface area contributed by atoms with Crippen molar-refractivity contribution in [2.45, 2.75) is 31.8 Å². The summed E-state index contributed by atoms with van der Waals surface area (Å²) < 4.78 is 12.0. The lowest BCUT2D eigenvalue weighted by molar-refractivity contribution is 0.151. The van der Waals surface area contributed by atoms with Gasteiger partial charge in [-0.2, -0.15) is 0 Å². The molecule has 0 aromatic rings. The summed E-state index contributed by atoms with van der Waals surface area (Å²) in [6, 6.07) is 0.203. The van der Waals surface area contributed by atoms with Crippen LogP contribution in [0.2, 0.25) is 0 Å². The van der Waals surface area contributed by atoms with Gasteiger partial charge in [-0.1, -0.05) is 0 Å². The van der Waals surface area contributed by atoms with Crippen LogP contribution < -0.4 is 5.73 Å². The average molecular weight is 160 g/mol. The zero-order chi connectivity index (χ0) is 8.48. The number of nitrogens with two attached hydrogens (primary N) is 1. The molecule has 0 aliphatic carbocycles. The van der Waals surface area contributed by atoms with E-state index in [4.69, 9.17) is 5.73 Å². The molecule has 1 aliphatic heterocycles. The first kappa shape index (κ1) is 8.94. The Morgan fingerprint density at radius 3 is 2.64 bits per heavy atom. The van der Waals surface area contributed by atoms with E-state index in [0.717, 1.165) is 13.0 Å². The molecular weight excluding hydrogens is 143 g/mol. The average Bonchev–Trinajstić information content (AvgIpc) is 2.16. The first-order chi connectivity index (χ1) is 5.09. The molecule has 66 valence electrons. The molecule has 0 spiro atoms. The number of alkyl halides is 1. The van der Waals surface area contributed by atoms with Crippen LogP contribution in [0.5, 0.6) is 0 Å². The molecule has 0 amide bonds. The van der Waals surface area contributed by atoms with Gasteiger partial charge in [-0.25, -0.2) is 4.39 Å². The largest absolute Gasteiger partial charge is 0.326 e. The van der Waals surface area contributed by atoms with Gasteiger partial charge >= 0.3 is 0 Å². The van der Waals surface area contributed by atoms with Gasteiger partial charge in [-0.3, -0.25) is 4.90 Å². The SMILES string of the molecule is CC1(C)C(N)CCN1CCF. The Morgan fingerprint density at radius 2 is 2.27 bits per heavy atom. The molecule has 1 atom stereocenters. The molecule has 1 saturated heterocycles. The van der Waals surface area contributed by atoms with Crippen molar-refractivity contribution in [2.75, 3.05) is 19.8 Å². The van der Waals surface area contributed by atoms with E-state index in [2.05, 4.69) is 18.7 Å². The minimum absolute atomic E-state index is 0.00785. The van der Waals surface area contributed by atoms with E-state index in [0.29, 0.717) is 6.54 Å². The summed E-state index contributed by atoms with van der Waals surface area (Å²) in [5, 5.41) is 0. The molecule has 0 radical (unpaired) electrons. The van der Waals surface area contributed by atoms with Gasteiger partial charge in [0.05, 0.1) is 0 Å². The van der Waals surface area contributed by atoms with Gasteiger partial charge in [-0.05, 0) is 20.3 Å². The van der Waals surface area contributed by atoms with Crippen molar-refractivity contribution in [3.05, 3.63) is 0 Å². The molecule has 1 aliphatic rings. The fourth-order valence-corrected chi connectivity index (χ4v) is 1.67. The zero-order valence-electron chi connectivity index (χ0n) is 7.31. The molecule has 1 rings (SSSR count). The normalized spacial score (nSPS) is 31.1. The topological polar surface area (TPSA) is 29.3 Å². The van der Waals surface area contributed by atoms with Crippen molar-refractivity contribution in [1.82, 2.24) is 4.90 Å². The van der Waals surface area contributed by atoms with Crippen molar-refractivity contribution >= 4 is 0 Å². The lowest BCUT2D eigenvalue weighted by Gasteiger charge is -2.33. The van der Waals surface area contributed by atoms with Crippen LogP contribution in [0.1, 0.15) is 20.3 Å². The summed E-state index contributed by atoms with van der Waals surface area (Å²) in [7, 11) is 0. The summed E-state index contributed by atoms with van der Waals surface area (Å²) >= 11 is 0. The van der Waals surface area contributed by atoms with Crippen molar-refractivity contribution < 1.29 is 4.39 Å². The highest BCUT2D eigenvalue weighted by Crippen LogP contribution is 2.26. The Bertz CT molecular complexity index is 134. The monoisotopic (exact) mass is 160 g/mol. The van der Waals surface area contributed by atoms with Gasteiger partial charge < -0.3 is 5.73 Å². The summed E-state index contributed by atoms with van der Waals surface area (Å²) in [4.78, 5) is 2.12. The number of rotatable bonds is 2. The van der Waals surface area contributed by atoms with E-state index < -0.39 is 0 Å². The highest BCUT2D eigenvalue weighted by molar-refractivity contribution is 4.97. The van der Waals surface area contributed by atoms with Gasteiger partial charge in [0.15, 0.2) is 0 Å². The van der Waals surface area contributed by atoms with Crippen LogP contribution in [-0.2, 0) is 0 Å². The Balaban J connectivity index is 2.55. The molecule has 0 aromatic heterocycles. The van der Waals surface area contributed by atoms with Gasteiger partial charge in [0, 0.05) is 24.7 Å². The number of nitrogens with zero attached hydrogens (tertiary/aromatic N) is 1. The smallest absolute Gasteiger partial charge is 0.102 e. The fraction of sp³-hybridized carbons (Fsp3) is 1.00. The van der Waals surface area contributed by atoms with Crippen LogP contribution in [0.3, 0.4) is 0 Å². The summed E-state index contributed by atoms with van der Waals surface area (Å²) in [5.74, 6) is 0. The third-order valence-corrected chi connectivity index (χ3v) is 2.79. The van der Waals surface area contributed by atoms with Gasteiger partial charge in [-0.15, -0.1) is 0 Å². The first-order valence-corrected chi connectivity index (χ1v) is 4.15. The van der Waals surface area contributed by atoms with E-state index in [1.54, 1.807) is 0 Å². The maximum atomic E-state index is 12.0. The van der Waals surface area contributed by atoms with E-state index in [1.807, 2.05) is 0 Å². The van der Waals surface area contributed by atoms with Crippen molar-refractivity contribution in [3.63, 3.8) is 0 Å². The second-order valence-corrected chi connectivity index (χ2v) is 3.72. The van der Waals surface area contributed by atoms with Crippen molar-refractivity contribution in [1.29, 1.82) is 0 Å². The second-order valence-electron chi connectivity index (χ2n) is 3.72. The standard InChI is InChI=1S/C8H17FN2/c1-8(2)7(10)3-5-11(8)6-4-9/h7H,3-6,10H2,1-2H3. The Morgan fingerprint density at radius 1 is 1.64 bits per heavy atom. The van der Waals surface area contributed by atoms with Gasteiger partial charge in [0.25, 0.3) is 0 Å². The third-order valence-electron chi connectivity index (χ3n) is 2.79. The van der Waals surface area contributed by atoms with Crippen LogP contribution in [0.15, 0.2) is 0 Å². The predicted molar refractivity (Wildman–Crippen MR) is 44.2 cm³/mol. The fourth-order valence-electron chi connectivity index (χ4n) is 1.67. The summed E-state index contributed by atoms with van der Waals surface area (Å²) in [6.45, 7) is 5.37. The van der Waals surface area contributed by atoms with Gasteiger partial charge in [0.2, 0.25) is 0 Å². The Labute approximate surface area is 67.6 Å². The lowest BCUT2D eigenvalue weighted by atomic mass is 9.97. The zero-order valence-corrected chi connectivity index (χ0v) is 7.31. The van der Waals surface area contributed by atoms with Gasteiger partial charge in [0.1, 0.15) is 6.67 Å². The molecule has 0 saturated carbocycles.